The summed E-state index contributed by atoms with van der Waals surface area (Å²) >= 11 is 3.43. The van der Waals surface area contributed by atoms with Crippen LogP contribution in [0.3, 0.4) is 0 Å². The van der Waals surface area contributed by atoms with E-state index in [1.54, 1.807) is 4.90 Å². The number of aliphatic carboxylic acids is 1. The van der Waals surface area contributed by atoms with Crippen molar-refractivity contribution in [3.8, 4) is 0 Å². The molecule has 1 aromatic carbocycles. The maximum Gasteiger partial charge on any atom is 0.322 e. The highest BCUT2D eigenvalue weighted by Gasteiger charge is 2.28. The number of urea groups is 1. The Morgan fingerprint density at radius 2 is 2.19 bits per heavy atom. The highest BCUT2D eigenvalue weighted by molar-refractivity contribution is 9.10. The van der Waals surface area contributed by atoms with Gasteiger partial charge in [0.25, 0.3) is 0 Å². The van der Waals surface area contributed by atoms with Crippen LogP contribution in [0.25, 0.3) is 0 Å². The lowest BCUT2D eigenvalue weighted by molar-refractivity contribution is -0.138. The number of carboxylic acids is 1. The molecule has 1 aliphatic rings. The summed E-state index contributed by atoms with van der Waals surface area (Å²) in [6.07, 6.45) is 2.64. The van der Waals surface area contributed by atoms with Crippen LogP contribution in [0.2, 0.25) is 0 Å². The molecule has 1 fully saturated rings. The number of anilines is 1. The summed E-state index contributed by atoms with van der Waals surface area (Å²) in [6, 6.07) is 5.18. The van der Waals surface area contributed by atoms with Gasteiger partial charge in [-0.05, 0) is 43.9 Å². The van der Waals surface area contributed by atoms with Crippen molar-refractivity contribution in [2.24, 2.45) is 0 Å². The topological polar surface area (TPSA) is 69.6 Å². The molecule has 0 aliphatic carbocycles. The number of likely N-dealkylation sites (tertiary alicyclic amines) is 1. The molecule has 1 atom stereocenters. The van der Waals surface area contributed by atoms with Crippen LogP contribution in [0.5, 0.6) is 0 Å². The Hall–Kier alpha value is -1.56. The molecule has 1 unspecified atom stereocenters. The molecule has 21 heavy (non-hydrogen) atoms. The van der Waals surface area contributed by atoms with Crippen molar-refractivity contribution in [2.75, 3.05) is 11.9 Å². The van der Waals surface area contributed by atoms with Crippen molar-refractivity contribution in [1.29, 1.82) is 0 Å². The minimum atomic E-state index is -0.863. The summed E-state index contributed by atoms with van der Waals surface area (Å²) < 4.78 is 0.932. The largest absolute Gasteiger partial charge is 0.481 e. The summed E-state index contributed by atoms with van der Waals surface area (Å²) in [7, 11) is 0. The number of hydrogen-bond acceptors (Lipinski definition) is 2. The van der Waals surface area contributed by atoms with E-state index in [0.29, 0.717) is 6.54 Å². The molecule has 5 nitrogen and oxygen atoms in total. The molecule has 2 N–H and O–H groups in total. The third-order valence-corrected chi connectivity index (χ3v) is 4.67. The molecule has 1 aromatic rings. The van der Waals surface area contributed by atoms with E-state index in [9.17, 15) is 9.59 Å². The van der Waals surface area contributed by atoms with Gasteiger partial charge in [0.15, 0.2) is 0 Å². The predicted molar refractivity (Wildman–Crippen MR) is 84.5 cm³/mol. The number of nitrogens with zero attached hydrogens (tertiary/aromatic N) is 1. The number of carboxylic acid groups (broad SMARTS) is 1. The minimum absolute atomic E-state index is 0.00485. The van der Waals surface area contributed by atoms with E-state index >= 15 is 0 Å². The summed E-state index contributed by atoms with van der Waals surface area (Å²) in [5.41, 5.74) is 1.70. The second kappa shape index (κ2) is 6.93. The molecular weight excluding hydrogens is 336 g/mol. The Bertz CT molecular complexity index is 548. The van der Waals surface area contributed by atoms with Gasteiger partial charge in [0.2, 0.25) is 0 Å². The maximum absolute atomic E-state index is 12.4. The monoisotopic (exact) mass is 354 g/mol. The van der Waals surface area contributed by atoms with Gasteiger partial charge in [-0.15, -0.1) is 0 Å². The zero-order chi connectivity index (χ0) is 15.4. The summed E-state index contributed by atoms with van der Waals surface area (Å²) in [6.45, 7) is 2.53. The highest BCUT2D eigenvalue weighted by atomic mass is 79.9. The Labute approximate surface area is 132 Å². The third kappa shape index (κ3) is 3.97. The Morgan fingerprint density at radius 3 is 2.90 bits per heavy atom. The second-order valence-corrected chi connectivity index (χ2v) is 6.14. The first-order valence-electron chi connectivity index (χ1n) is 7.03. The number of nitrogens with one attached hydrogen (secondary N) is 1. The molecule has 2 amide bonds. The number of halogens is 1. The van der Waals surface area contributed by atoms with Gasteiger partial charge in [0.05, 0.1) is 6.42 Å². The van der Waals surface area contributed by atoms with Crippen molar-refractivity contribution in [3.63, 3.8) is 0 Å². The van der Waals surface area contributed by atoms with Gasteiger partial charge in [0, 0.05) is 22.7 Å². The van der Waals surface area contributed by atoms with Crippen LogP contribution in [0, 0.1) is 6.92 Å². The van der Waals surface area contributed by atoms with Gasteiger partial charge < -0.3 is 15.3 Å². The molecule has 114 valence electrons. The number of amides is 2. The highest BCUT2D eigenvalue weighted by Crippen LogP contribution is 2.25. The van der Waals surface area contributed by atoms with Crippen LogP contribution < -0.4 is 5.32 Å². The molecular formula is C15H19BrN2O3. The fraction of sp³-hybridized carbons (Fsp3) is 0.467. The van der Waals surface area contributed by atoms with Crippen LogP contribution in [-0.4, -0.2) is 34.6 Å². The second-order valence-electron chi connectivity index (χ2n) is 5.28. The standard InChI is InChI=1S/C15H19BrN2O3/c1-10-12(16)6-4-7-13(10)17-15(21)18-8-3-2-5-11(18)9-14(19)20/h4,6-7,11H,2-3,5,8-9H2,1H3,(H,17,21)(H,19,20). The van der Waals surface area contributed by atoms with Gasteiger partial charge in [0.1, 0.15) is 0 Å². The molecule has 0 aromatic heterocycles. The maximum atomic E-state index is 12.4. The molecule has 0 spiro atoms. The van der Waals surface area contributed by atoms with Crippen LogP contribution in [0.15, 0.2) is 22.7 Å². The van der Waals surface area contributed by atoms with Gasteiger partial charge in [-0.25, -0.2) is 4.79 Å². The summed E-state index contributed by atoms with van der Waals surface area (Å²) in [4.78, 5) is 25.0. The number of piperidine rings is 1. The van der Waals surface area contributed by atoms with Crippen LogP contribution in [0.1, 0.15) is 31.2 Å². The van der Waals surface area contributed by atoms with Crippen molar-refractivity contribution < 1.29 is 14.7 Å². The molecule has 6 heteroatoms. The lowest BCUT2D eigenvalue weighted by Gasteiger charge is -2.35. The van der Waals surface area contributed by atoms with Gasteiger partial charge in [-0.3, -0.25) is 4.79 Å². The minimum Gasteiger partial charge on any atom is -0.481 e. The first kappa shape index (κ1) is 15.8. The van der Waals surface area contributed by atoms with E-state index < -0.39 is 5.97 Å². The number of benzene rings is 1. The molecule has 1 aliphatic heterocycles. The number of rotatable bonds is 3. The molecule has 0 saturated carbocycles. The van der Waals surface area contributed by atoms with Gasteiger partial charge in [-0.2, -0.15) is 0 Å². The van der Waals surface area contributed by atoms with E-state index in [1.807, 2.05) is 25.1 Å². The normalized spacial score (nSPS) is 18.4. The lowest BCUT2D eigenvalue weighted by Crippen LogP contribution is -2.46. The molecule has 1 heterocycles. The van der Waals surface area contributed by atoms with Crippen molar-refractivity contribution >= 4 is 33.6 Å². The molecule has 0 bridgehead atoms. The fourth-order valence-corrected chi connectivity index (χ4v) is 2.98. The lowest BCUT2D eigenvalue weighted by atomic mass is 10.00. The average Bonchev–Trinajstić information content (AvgIpc) is 2.44. The van der Waals surface area contributed by atoms with E-state index in [4.69, 9.17) is 5.11 Å². The molecule has 0 radical (unpaired) electrons. The van der Waals surface area contributed by atoms with E-state index in [-0.39, 0.29) is 18.5 Å². The fourth-order valence-electron chi connectivity index (χ4n) is 2.61. The number of carbonyl (C=O) groups excluding carboxylic acids is 1. The first-order valence-corrected chi connectivity index (χ1v) is 7.83. The summed E-state index contributed by atoms with van der Waals surface area (Å²) in [5.74, 6) is -0.863. The SMILES string of the molecule is Cc1c(Br)cccc1NC(=O)N1CCCCC1CC(=O)O. The van der Waals surface area contributed by atoms with Crippen LogP contribution in [-0.2, 0) is 4.79 Å². The predicted octanol–water partition coefficient (Wildman–Crippen LogP) is 3.62. The van der Waals surface area contributed by atoms with Crippen molar-refractivity contribution in [2.45, 2.75) is 38.6 Å². The number of hydrogen-bond donors (Lipinski definition) is 2. The quantitative estimate of drug-likeness (QED) is 0.870. The van der Waals surface area contributed by atoms with E-state index in [0.717, 1.165) is 35.0 Å². The Kier molecular flexibility index (Phi) is 5.22. The zero-order valence-corrected chi connectivity index (χ0v) is 13.5. The third-order valence-electron chi connectivity index (χ3n) is 3.81. The molecule has 1 saturated heterocycles. The van der Waals surface area contributed by atoms with Gasteiger partial charge in [-0.1, -0.05) is 22.0 Å². The smallest absolute Gasteiger partial charge is 0.322 e. The Morgan fingerprint density at radius 1 is 1.43 bits per heavy atom. The van der Waals surface area contributed by atoms with E-state index in [1.165, 1.54) is 0 Å². The Balaban J connectivity index is 2.10. The van der Waals surface area contributed by atoms with Crippen molar-refractivity contribution in [3.05, 3.63) is 28.2 Å². The van der Waals surface area contributed by atoms with E-state index in [2.05, 4.69) is 21.2 Å². The molecule has 2 rings (SSSR count). The number of carbonyl (C=O) groups is 2. The van der Waals surface area contributed by atoms with Crippen LogP contribution in [0.4, 0.5) is 10.5 Å². The first-order chi connectivity index (χ1) is 9.99. The van der Waals surface area contributed by atoms with Gasteiger partial charge >= 0.3 is 12.0 Å². The average molecular weight is 355 g/mol. The summed E-state index contributed by atoms with van der Waals surface area (Å²) in [5, 5.41) is 11.9. The van der Waals surface area contributed by atoms with Crippen LogP contribution >= 0.6 is 15.9 Å². The van der Waals surface area contributed by atoms with Crippen molar-refractivity contribution in [1.82, 2.24) is 4.90 Å². The zero-order valence-electron chi connectivity index (χ0n) is 11.9.